The van der Waals surface area contributed by atoms with Crippen LogP contribution < -0.4 is 15.5 Å². The van der Waals surface area contributed by atoms with E-state index in [4.69, 9.17) is 12.2 Å². The van der Waals surface area contributed by atoms with E-state index >= 15 is 0 Å². The summed E-state index contributed by atoms with van der Waals surface area (Å²) in [5.41, 5.74) is 1.18. The highest BCUT2D eigenvalue weighted by atomic mass is 32.2. The molecule has 170 valence electrons. The van der Waals surface area contributed by atoms with Gasteiger partial charge < -0.3 is 15.5 Å². The molecule has 1 aromatic heterocycles. The van der Waals surface area contributed by atoms with E-state index in [9.17, 15) is 10.1 Å². The summed E-state index contributed by atoms with van der Waals surface area (Å²) >= 11 is 6.67. The molecule has 32 heavy (non-hydrogen) atoms. The quantitative estimate of drug-likeness (QED) is 0.176. The molecule has 1 aliphatic rings. The molecule has 0 atom stereocenters. The van der Waals surface area contributed by atoms with Gasteiger partial charge in [-0.3, -0.25) is 15.0 Å². The second-order valence-corrected chi connectivity index (χ2v) is 8.90. The third kappa shape index (κ3) is 6.87. The number of anilines is 2. The lowest BCUT2D eigenvalue weighted by atomic mass is 10.2. The molecular formula is C21H27N7O2S2. The summed E-state index contributed by atoms with van der Waals surface area (Å²) in [5.74, 6) is 1.25. The van der Waals surface area contributed by atoms with Crippen LogP contribution in [0.25, 0.3) is 0 Å². The molecule has 0 amide bonds. The van der Waals surface area contributed by atoms with Crippen molar-refractivity contribution in [3.63, 3.8) is 0 Å². The Morgan fingerprint density at radius 1 is 1.25 bits per heavy atom. The SMILES string of the molecule is C=CCNC(=S)SCCNc1ncnc(N2CCN(Cc3ccccc3)CC2)c1[N+](=O)[O-]. The maximum Gasteiger partial charge on any atom is 0.353 e. The number of thioether (sulfide) groups is 1. The van der Waals surface area contributed by atoms with E-state index in [0.29, 0.717) is 42.1 Å². The van der Waals surface area contributed by atoms with Crippen molar-refractivity contribution in [2.75, 3.05) is 55.2 Å². The standard InChI is InChI=1S/C21H27N7O2S2/c1-2-8-23-21(31)32-14-9-22-19-18(28(29)30)20(25-16-24-19)27-12-10-26(11-13-27)15-17-6-4-3-5-7-17/h2-7,16H,1,8-15H2,(H,23,31)(H,22,24,25). The molecule has 0 bridgehead atoms. The second kappa shape index (κ2) is 12.3. The normalized spacial score (nSPS) is 14.1. The summed E-state index contributed by atoms with van der Waals surface area (Å²) in [6.07, 6.45) is 3.11. The first-order chi connectivity index (χ1) is 15.6. The molecule has 2 aromatic rings. The summed E-state index contributed by atoms with van der Waals surface area (Å²) in [6.45, 7) is 8.56. The Hall–Kier alpha value is -2.76. The Kier molecular flexibility index (Phi) is 9.20. The summed E-state index contributed by atoms with van der Waals surface area (Å²) < 4.78 is 0.665. The molecule has 2 heterocycles. The molecule has 1 fully saturated rings. The van der Waals surface area contributed by atoms with Gasteiger partial charge in [0, 0.05) is 51.6 Å². The minimum absolute atomic E-state index is 0.0821. The highest BCUT2D eigenvalue weighted by Gasteiger charge is 2.29. The monoisotopic (exact) mass is 473 g/mol. The molecule has 0 radical (unpaired) electrons. The van der Waals surface area contributed by atoms with Gasteiger partial charge in [-0.05, 0) is 5.56 Å². The number of aromatic nitrogens is 2. The fourth-order valence-corrected chi connectivity index (χ4v) is 4.29. The van der Waals surface area contributed by atoms with Crippen LogP contribution in [0.1, 0.15) is 5.56 Å². The molecule has 0 spiro atoms. The van der Waals surface area contributed by atoms with Gasteiger partial charge in [-0.1, -0.05) is 60.4 Å². The molecule has 1 aromatic carbocycles. The van der Waals surface area contributed by atoms with Crippen molar-refractivity contribution < 1.29 is 4.92 Å². The number of rotatable bonds is 10. The van der Waals surface area contributed by atoms with E-state index in [1.54, 1.807) is 6.08 Å². The van der Waals surface area contributed by atoms with E-state index in [1.807, 2.05) is 23.1 Å². The molecule has 11 heteroatoms. The van der Waals surface area contributed by atoms with Crippen LogP contribution in [-0.4, -0.2) is 69.1 Å². The highest BCUT2D eigenvalue weighted by molar-refractivity contribution is 8.22. The van der Waals surface area contributed by atoms with E-state index in [2.05, 4.69) is 44.2 Å². The van der Waals surface area contributed by atoms with Crippen molar-refractivity contribution >= 4 is 45.6 Å². The van der Waals surface area contributed by atoms with Crippen LogP contribution in [0.4, 0.5) is 17.3 Å². The van der Waals surface area contributed by atoms with E-state index in [0.717, 1.165) is 19.6 Å². The van der Waals surface area contributed by atoms with Gasteiger partial charge in [0.25, 0.3) is 0 Å². The summed E-state index contributed by atoms with van der Waals surface area (Å²) in [7, 11) is 0. The minimum Gasteiger partial charge on any atom is -0.368 e. The Balaban J connectivity index is 1.58. The lowest BCUT2D eigenvalue weighted by Crippen LogP contribution is -2.46. The van der Waals surface area contributed by atoms with Crippen molar-refractivity contribution in [3.8, 4) is 0 Å². The third-order valence-corrected chi connectivity index (χ3v) is 6.24. The number of nitrogens with zero attached hydrogens (tertiary/aromatic N) is 5. The average molecular weight is 474 g/mol. The zero-order chi connectivity index (χ0) is 22.8. The highest BCUT2D eigenvalue weighted by Crippen LogP contribution is 2.32. The van der Waals surface area contributed by atoms with Gasteiger partial charge in [0.05, 0.1) is 4.92 Å². The summed E-state index contributed by atoms with van der Waals surface area (Å²) in [6, 6.07) is 10.3. The molecule has 9 nitrogen and oxygen atoms in total. The fourth-order valence-electron chi connectivity index (χ4n) is 3.38. The molecule has 2 N–H and O–H groups in total. The number of thiocarbonyl (C=S) groups is 1. The second-order valence-electron chi connectivity index (χ2n) is 7.13. The van der Waals surface area contributed by atoms with Crippen LogP contribution in [0.3, 0.4) is 0 Å². The van der Waals surface area contributed by atoms with Gasteiger partial charge >= 0.3 is 5.69 Å². The first-order valence-corrected chi connectivity index (χ1v) is 11.7. The van der Waals surface area contributed by atoms with Crippen LogP contribution in [0.2, 0.25) is 0 Å². The van der Waals surface area contributed by atoms with E-state index in [-0.39, 0.29) is 11.5 Å². The first kappa shape index (κ1) is 23.9. The third-order valence-electron chi connectivity index (χ3n) is 4.92. The predicted molar refractivity (Wildman–Crippen MR) is 134 cm³/mol. The predicted octanol–water partition coefficient (Wildman–Crippen LogP) is 2.91. The average Bonchev–Trinajstić information content (AvgIpc) is 2.81. The smallest absolute Gasteiger partial charge is 0.353 e. The van der Waals surface area contributed by atoms with E-state index in [1.165, 1.54) is 23.7 Å². The molecule has 0 saturated carbocycles. The largest absolute Gasteiger partial charge is 0.368 e. The molecular weight excluding hydrogens is 446 g/mol. The number of hydrogen-bond acceptors (Lipinski definition) is 9. The maximum atomic E-state index is 11.9. The minimum atomic E-state index is -0.405. The summed E-state index contributed by atoms with van der Waals surface area (Å²) in [5, 5.41) is 18.0. The van der Waals surface area contributed by atoms with Gasteiger partial charge in [-0.15, -0.1) is 6.58 Å². The molecule has 0 unspecified atom stereocenters. The zero-order valence-corrected chi connectivity index (χ0v) is 19.4. The molecule has 3 rings (SSSR count). The van der Waals surface area contributed by atoms with Crippen LogP contribution >= 0.6 is 24.0 Å². The van der Waals surface area contributed by atoms with Crippen LogP contribution in [0.15, 0.2) is 49.3 Å². The Bertz CT molecular complexity index is 922. The van der Waals surface area contributed by atoms with Crippen LogP contribution in [-0.2, 0) is 6.54 Å². The van der Waals surface area contributed by atoms with Crippen molar-refractivity contribution in [2.45, 2.75) is 6.54 Å². The Morgan fingerprint density at radius 3 is 2.69 bits per heavy atom. The molecule has 0 aliphatic carbocycles. The lowest BCUT2D eigenvalue weighted by molar-refractivity contribution is -0.383. The van der Waals surface area contributed by atoms with Gasteiger partial charge in [0.2, 0.25) is 11.6 Å². The zero-order valence-electron chi connectivity index (χ0n) is 17.8. The van der Waals surface area contributed by atoms with E-state index < -0.39 is 4.92 Å². The molecule has 1 saturated heterocycles. The number of hydrogen-bond donors (Lipinski definition) is 2. The van der Waals surface area contributed by atoms with Crippen molar-refractivity contribution in [2.24, 2.45) is 0 Å². The van der Waals surface area contributed by atoms with Crippen LogP contribution in [0.5, 0.6) is 0 Å². The topological polar surface area (TPSA) is 99.5 Å². The Labute approximate surface area is 197 Å². The number of piperazine rings is 1. The summed E-state index contributed by atoms with van der Waals surface area (Å²) in [4.78, 5) is 24.1. The lowest BCUT2D eigenvalue weighted by Gasteiger charge is -2.35. The molecule has 1 aliphatic heterocycles. The van der Waals surface area contributed by atoms with Gasteiger partial charge in [-0.25, -0.2) is 9.97 Å². The maximum absolute atomic E-state index is 11.9. The number of nitro groups is 1. The van der Waals surface area contributed by atoms with Crippen LogP contribution in [0, 0.1) is 10.1 Å². The van der Waals surface area contributed by atoms with Crippen molar-refractivity contribution in [1.82, 2.24) is 20.2 Å². The van der Waals surface area contributed by atoms with Gasteiger partial charge in [-0.2, -0.15) is 0 Å². The van der Waals surface area contributed by atoms with Crippen molar-refractivity contribution in [3.05, 3.63) is 65.0 Å². The fraction of sp³-hybridized carbons (Fsp3) is 0.381. The van der Waals surface area contributed by atoms with Crippen molar-refractivity contribution in [1.29, 1.82) is 0 Å². The van der Waals surface area contributed by atoms with Gasteiger partial charge in [0.1, 0.15) is 10.6 Å². The van der Waals surface area contributed by atoms with Gasteiger partial charge in [0.15, 0.2) is 0 Å². The Morgan fingerprint density at radius 2 is 2.00 bits per heavy atom. The first-order valence-electron chi connectivity index (χ1n) is 10.3. The number of nitrogens with one attached hydrogen (secondary N) is 2. The number of benzene rings is 1.